The average Bonchev–Trinajstić information content (AvgIpc) is 2.17. The molecule has 0 aromatic carbocycles. The third-order valence-electron chi connectivity index (χ3n) is 2.80. The summed E-state index contributed by atoms with van der Waals surface area (Å²) in [7, 11) is 0. The quantitative estimate of drug-likeness (QED) is 0.832. The summed E-state index contributed by atoms with van der Waals surface area (Å²) >= 11 is 0. The van der Waals surface area contributed by atoms with Crippen LogP contribution in [0.4, 0.5) is 0 Å². The Morgan fingerprint density at radius 1 is 1.31 bits per heavy atom. The zero-order chi connectivity index (χ0) is 12.1. The number of rotatable bonds is 5. The molecule has 0 atom stereocenters. The van der Waals surface area contributed by atoms with Gasteiger partial charge in [0.25, 0.3) is 5.56 Å². The molecule has 0 amide bonds. The van der Waals surface area contributed by atoms with Gasteiger partial charge in [0.1, 0.15) is 5.82 Å². The van der Waals surface area contributed by atoms with Crippen LogP contribution in [0.1, 0.15) is 58.0 Å². The summed E-state index contributed by atoms with van der Waals surface area (Å²) in [6.07, 6.45) is 2.91. The van der Waals surface area contributed by atoms with Gasteiger partial charge >= 0.3 is 0 Å². The summed E-state index contributed by atoms with van der Waals surface area (Å²) in [6, 6.07) is 1.62. The third-order valence-corrected chi connectivity index (χ3v) is 2.80. The zero-order valence-corrected chi connectivity index (χ0v) is 10.7. The van der Waals surface area contributed by atoms with Gasteiger partial charge in [-0.25, -0.2) is 4.98 Å². The second kappa shape index (κ2) is 5.83. The Morgan fingerprint density at radius 3 is 2.44 bits per heavy atom. The largest absolute Gasteiger partial charge is 0.310 e. The maximum absolute atomic E-state index is 11.5. The molecule has 1 aromatic heterocycles. The molecule has 3 heteroatoms. The summed E-state index contributed by atoms with van der Waals surface area (Å²) in [6.45, 7) is 8.53. The lowest BCUT2D eigenvalue weighted by atomic mass is 10.0. The minimum Gasteiger partial charge on any atom is -0.310 e. The predicted molar refractivity (Wildman–Crippen MR) is 66.7 cm³/mol. The van der Waals surface area contributed by atoms with Crippen LogP contribution >= 0.6 is 0 Å². The molecular weight excluding hydrogens is 200 g/mol. The molecule has 0 fully saturated rings. The van der Waals surface area contributed by atoms with Gasteiger partial charge in [0.2, 0.25) is 0 Å². The fourth-order valence-corrected chi connectivity index (χ4v) is 1.92. The standard InChI is InChI=1S/C13H22N2O/c1-5-10(6-2)13-14-11(7-9(3)4)8-12(16)15-13/h8-10H,5-7H2,1-4H3,(H,14,15,16). The van der Waals surface area contributed by atoms with Crippen molar-refractivity contribution in [3.05, 3.63) is 27.9 Å². The van der Waals surface area contributed by atoms with Crippen molar-refractivity contribution in [1.29, 1.82) is 0 Å². The van der Waals surface area contributed by atoms with E-state index in [9.17, 15) is 4.79 Å². The number of hydrogen-bond donors (Lipinski definition) is 1. The zero-order valence-electron chi connectivity index (χ0n) is 10.7. The number of nitrogens with zero attached hydrogens (tertiary/aromatic N) is 1. The Morgan fingerprint density at radius 2 is 1.94 bits per heavy atom. The number of H-pyrrole nitrogens is 1. The van der Waals surface area contributed by atoms with Crippen LogP contribution in [0.2, 0.25) is 0 Å². The molecule has 0 saturated heterocycles. The Hall–Kier alpha value is -1.12. The molecule has 0 aliphatic carbocycles. The van der Waals surface area contributed by atoms with Gasteiger partial charge in [-0.2, -0.15) is 0 Å². The molecule has 0 aliphatic rings. The minimum atomic E-state index is -0.0208. The highest BCUT2D eigenvalue weighted by molar-refractivity contribution is 5.06. The first-order chi connectivity index (χ1) is 7.56. The Labute approximate surface area is 97.3 Å². The lowest BCUT2D eigenvalue weighted by molar-refractivity contribution is 0.580. The molecule has 0 aliphatic heterocycles. The van der Waals surface area contributed by atoms with Gasteiger partial charge < -0.3 is 4.98 Å². The fourth-order valence-electron chi connectivity index (χ4n) is 1.92. The van der Waals surface area contributed by atoms with Crippen LogP contribution in [0.15, 0.2) is 10.9 Å². The first-order valence-electron chi connectivity index (χ1n) is 6.16. The van der Waals surface area contributed by atoms with Crippen molar-refractivity contribution < 1.29 is 0 Å². The smallest absolute Gasteiger partial charge is 0.251 e. The molecule has 0 radical (unpaired) electrons. The van der Waals surface area contributed by atoms with E-state index in [1.165, 1.54) is 0 Å². The number of aromatic nitrogens is 2. The van der Waals surface area contributed by atoms with Crippen LogP contribution in [0.25, 0.3) is 0 Å². The monoisotopic (exact) mass is 222 g/mol. The summed E-state index contributed by atoms with van der Waals surface area (Å²) in [4.78, 5) is 18.9. The molecule has 16 heavy (non-hydrogen) atoms. The SMILES string of the molecule is CCC(CC)c1nc(CC(C)C)cc(=O)[nH]1. The highest BCUT2D eigenvalue weighted by Gasteiger charge is 2.11. The molecule has 90 valence electrons. The van der Waals surface area contributed by atoms with Crippen molar-refractivity contribution in [2.24, 2.45) is 5.92 Å². The van der Waals surface area contributed by atoms with E-state index >= 15 is 0 Å². The van der Waals surface area contributed by atoms with Gasteiger partial charge in [0.05, 0.1) is 0 Å². The first-order valence-corrected chi connectivity index (χ1v) is 6.16. The molecule has 1 rings (SSSR count). The van der Waals surface area contributed by atoms with Gasteiger partial charge in [-0.3, -0.25) is 4.79 Å². The second-order valence-electron chi connectivity index (χ2n) is 4.73. The van der Waals surface area contributed by atoms with Crippen LogP contribution in [-0.2, 0) is 6.42 Å². The van der Waals surface area contributed by atoms with Crippen LogP contribution in [0.5, 0.6) is 0 Å². The lowest BCUT2D eigenvalue weighted by Gasteiger charge is -2.13. The van der Waals surface area contributed by atoms with Gasteiger partial charge in [-0.05, 0) is 25.2 Å². The van der Waals surface area contributed by atoms with Crippen molar-refractivity contribution in [3.63, 3.8) is 0 Å². The second-order valence-corrected chi connectivity index (χ2v) is 4.73. The van der Waals surface area contributed by atoms with Gasteiger partial charge in [-0.15, -0.1) is 0 Å². The van der Waals surface area contributed by atoms with E-state index in [4.69, 9.17) is 0 Å². The Kier molecular flexibility index (Phi) is 4.71. The van der Waals surface area contributed by atoms with Gasteiger partial charge in [0, 0.05) is 17.7 Å². The summed E-state index contributed by atoms with van der Waals surface area (Å²) < 4.78 is 0. The molecule has 3 nitrogen and oxygen atoms in total. The first kappa shape index (κ1) is 12.9. The van der Waals surface area contributed by atoms with Crippen molar-refractivity contribution >= 4 is 0 Å². The summed E-state index contributed by atoms with van der Waals surface area (Å²) in [5.41, 5.74) is 0.896. The van der Waals surface area contributed by atoms with Gasteiger partial charge in [0.15, 0.2) is 0 Å². The number of hydrogen-bond acceptors (Lipinski definition) is 2. The van der Waals surface area contributed by atoms with E-state index < -0.39 is 0 Å². The van der Waals surface area contributed by atoms with Crippen LogP contribution in [0.3, 0.4) is 0 Å². The molecular formula is C13H22N2O. The summed E-state index contributed by atoms with van der Waals surface area (Å²) in [5, 5.41) is 0. The van der Waals surface area contributed by atoms with Crippen molar-refractivity contribution in [2.45, 2.75) is 52.9 Å². The van der Waals surface area contributed by atoms with Crippen molar-refractivity contribution in [1.82, 2.24) is 9.97 Å². The van der Waals surface area contributed by atoms with Crippen LogP contribution in [-0.4, -0.2) is 9.97 Å². The molecule has 0 spiro atoms. The van der Waals surface area contributed by atoms with E-state index in [2.05, 4.69) is 37.7 Å². The van der Waals surface area contributed by atoms with E-state index in [0.29, 0.717) is 11.8 Å². The lowest BCUT2D eigenvalue weighted by Crippen LogP contribution is -2.16. The molecule has 1 heterocycles. The van der Waals surface area contributed by atoms with Crippen LogP contribution in [0, 0.1) is 5.92 Å². The minimum absolute atomic E-state index is 0.0208. The number of aromatic amines is 1. The molecule has 0 unspecified atom stereocenters. The molecule has 0 saturated carbocycles. The molecule has 1 N–H and O–H groups in total. The fraction of sp³-hybridized carbons (Fsp3) is 0.692. The maximum atomic E-state index is 11.5. The highest BCUT2D eigenvalue weighted by Crippen LogP contribution is 2.18. The molecule has 0 bridgehead atoms. The highest BCUT2D eigenvalue weighted by atomic mass is 16.1. The maximum Gasteiger partial charge on any atom is 0.251 e. The van der Waals surface area contributed by atoms with Gasteiger partial charge in [-0.1, -0.05) is 27.7 Å². The van der Waals surface area contributed by atoms with Crippen molar-refractivity contribution in [3.8, 4) is 0 Å². The normalized spacial score (nSPS) is 11.4. The topological polar surface area (TPSA) is 45.8 Å². The predicted octanol–water partition coefficient (Wildman–Crippen LogP) is 2.87. The van der Waals surface area contributed by atoms with Crippen LogP contribution < -0.4 is 5.56 Å². The Bertz CT molecular complexity index is 378. The van der Waals surface area contributed by atoms with E-state index in [-0.39, 0.29) is 5.56 Å². The number of nitrogens with one attached hydrogen (secondary N) is 1. The van der Waals surface area contributed by atoms with E-state index in [1.54, 1.807) is 6.07 Å². The third kappa shape index (κ3) is 3.47. The van der Waals surface area contributed by atoms with Crippen molar-refractivity contribution in [2.75, 3.05) is 0 Å². The van der Waals surface area contributed by atoms with E-state index in [0.717, 1.165) is 30.8 Å². The van der Waals surface area contributed by atoms with E-state index in [1.807, 2.05) is 0 Å². The summed E-state index contributed by atoms with van der Waals surface area (Å²) in [5.74, 6) is 1.76. The Balaban J connectivity index is 3.02. The molecule has 1 aromatic rings. The average molecular weight is 222 g/mol.